The highest BCUT2D eigenvalue weighted by Gasteiger charge is 2.25. The molecule has 1 aliphatic rings. The van der Waals surface area contributed by atoms with Crippen LogP contribution in [0.3, 0.4) is 0 Å². The van der Waals surface area contributed by atoms with Gasteiger partial charge in [0, 0.05) is 29.8 Å². The lowest BCUT2D eigenvalue weighted by Crippen LogP contribution is -2.35. The van der Waals surface area contributed by atoms with E-state index in [4.69, 9.17) is 0 Å². The van der Waals surface area contributed by atoms with E-state index in [0.717, 1.165) is 29.1 Å². The van der Waals surface area contributed by atoms with Crippen LogP contribution in [0.4, 0.5) is 0 Å². The van der Waals surface area contributed by atoms with Gasteiger partial charge < -0.3 is 10.4 Å². The molecular formula is C21H24N6O2. The Balaban J connectivity index is 1.76. The van der Waals surface area contributed by atoms with Crippen molar-refractivity contribution in [3.63, 3.8) is 0 Å². The van der Waals surface area contributed by atoms with Crippen LogP contribution in [0.15, 0.2) is 36.5 Å². The molecule has 2 heterocycles. The molecule has 0 radical (unpaired) electrons. The molecule has 1 fully saturated rings. The molecule has 4 rings (SSSR count). The van der Waals surface area contributed by atoms with Crippen LogP contribution in [0.25, 0.3) is 16.9 Å². The van der Waals surface area contributed by atoms with Crippen LogP contribution in [-0.2, 0) is 6.42 Å². The van der Waals surface area contributed by atoms with Gasteiger partial charge in [0.25, 0.3) is 5.91 Å². The predicted molar refractivity (Wildman–Crippen MR) is 108 cm³/mol. The first-order chi connectivity index (χ1) is 14.0. The monoisotopic (exact) mass is 392 g/mol. The molecule has 0 spiro atoms. The highest BCUT2D eigenvalue weighted by molar-refractivity contribution is 5.96. The summed E-state index contributed by atoms with van der Waals surface area (Å²) < 4.78 is 1.70. The normalized spacial score (nSPS) is 14.6. The van der Waals surface area contributed by atoms with Gasteiger partial charge in [-0.25, -0.2) is 0 Å². The van der Waals surface area contributed by atoms with Crippen LogP contribution in [0, 0.1) is 12.8 Å². The Hall–Kier alpha value is -3.13. The summed E-state index contributed by atoms with van der Waals surface area (Å²) in [5.74, 6) is 1.16. The maximum Gasteiger partial charge on any atom is 0.251 e. The number of benzene rings is 1. The number of pyridine rings is 1. The lowest BCUT2D eigenvalue weighted by Gasteiger charge is -2.14. The van der Waals surface area contributed by atoms with Crippen molar-refractivity contribution in [3.8, 4) is 16.9 Å². The molecule has 2 N–H and O–H groups in total. The van der Waals surface area contributed by atoms with Crippen molar-refractivity contribution in [2.24, 2.45) is 5.92 Å². The zero-order valence-electron chi connectivity index (χ0n) is 16.5. The molecule has 1 aliphatic carbocycles. The number of nitrogens with one attached hydrogen (secondary N) is 1. The maximum absolute atomic E-state index is 12.7. The van der Waals surface area contributed by atoms with Gasteiger partial charge in [-0.15, -0.1) is 5.10 Å². The summed E-state index contributed by atoms with van der Waals surface area (Å²) in [6.45, 7) is 3.60. The minimum absolute atomic E-state index is 0.129. The number of aliphatic hydroxyl groups excluding tert-OH is 1. The lowest BCUT2D eigenvalue weighted by molar-refractivity contribution is 0.0922. The molecule has 1 saturated carbocycles. The van der Waals surface area contributed by atoms with Crippen molar-refractivity contribution in [2.75, 3.05) is 6.61 Å². The first-order valence-corrected chi connectivity index (χ1v) is 9.81. The van der Waals surface area contributed by atoms with E-state index < -0.39 is 0 Å². The number of carbonyl (C=O) groups excluding carboxylic acids is 1. The van der Waals surface area contributed by atoms with E-state index in [1.807, 2.05) is 25.1 Å². The number of hydrogen-bond donors (Lipinski definition) is 2. The fourth-order valence-electron chi connectivity index (χ4n) is 3.12. The van der Waals surface area contributed by atoms with Gasteiger partial charge in [0.1, 0.15) is 0 Å². The van der Waals surface area contributed by atoms with Gasteiger partial charge in [-0.2, -0.15) is 4.68 Å². The van der Waals surface area contributed by atoms with Gasteiger partial charge in [-0.1, -0.05) is 6.07 Å². The zero-order valence-corrected chi connectivity index (χ0v) is 16.5. The molecule has 0 unspecified atom stereocenters. The number of aliphatic hydroxyl groups is 1. The largest absolute Gasteiger partial charge is 0.394 e. The van der Waals surface area contributed by atoms with Crippen LogP contribution in [0.2, 0.25) is 0 Å². The van der Waals surface area contributed by atoms with Crippen molar-refractivity contribution in [1.82, 2.24) is 30.5 Å². The van der Waals surface area contributed by atoms with Gasteiger partial charge in [0.2, 0.25) is 0 Å². The van der Waals surface area contributed by atoms with Crippen molar-refractivity contribution < 1.29 is 9.90 Å². The van der Waals surface area contributed by atoms with Crippen molar-refractivity contribution in [3.05, 3.63) is 53.5 Å². The standard InChI is InChI=1S/C21H24N6O2/c1-13-3-6-19(22-11-13)16-8-17(21(29)23-14(2)12-28)10-18(9-16)27-20(24-25-26-27)7-15-4-5-15/h3,6,8-11,14-15,28H,4-5,7,12H2,1-2H3,(H,23,29)/t14-/m0/s1. The van der Waals surface area contributed by atoms with Crippen LogP contribution in [0.5, 0.6) is 0 Å². The Kier molecular flexibility index (Phi) is 5.35. The summed E-state index contributed by atoms with van der Waals surface area (Å²) in [5.41, 5.74) is 3.81. The Labute approximate surface area is 169 Å². The molecule has 0 aliphatic heterocycles. The van der Waals surface area contributed by atoms with Gasteiger partial charge >= 0.3 is 0 Å². The molecule has 1 aromatic carbocycles. The van der Waals surface area contributed by atoms with Crippen molar-refractivity contribution in [1.29, 1.82) is 0 Å². The molecule has 29 heavy (non-hydrogen) atoms. The second kappa shape index (κ2) is 8.08. The second-order valence-electron chi connectivity index (χ2n) is 7.70. The minimum Gasteiger partial charge on any atom is -0.394 e. The number of carbonyl (C=O) groups is 1. The van der Waals surface area contributed by atoms with Crippen LogP contribution in [0.1, 0.15) is 41.5 Å². The van der Waals surface area contributed by atoms with E-state index >= 15 is 0 Å². The third-order valence-corrected chi connectivity index (χ3v) is 4.99. The number of nitrogens with zero attached hydrogens (tertiary/aromatic N) is 5. The van der Waals surface area contributed by atoms with Crippen molar-refractivity contribution in [2.45, 2.75) is 39.2 Å². The minimum atomic E-state index is -0.342. The first-order valence-electron chi connectivity index (χ1n) is 9.81. The zero-order chi connectivity index (χ0) is 20.4. The number of hydrogen-bond acceptors (Lipinski definition) is 6. The highest BCUT2D eigenvalue weighted by Crippen LogP contribution is 2.32. The summed E-state index contributed by atoms with van der Waals surface area (Å²) in [4.78, 5) is 17.2. The maximum atomic E-state index is 12.7. The summed E-state index contributed by atoms with van der Waals surface area (Å²) >= 11 is 0. The number of rotatable bonds is 7. The SMILES string of the molecule is Cc1ccc(-c2cc(C(=O)N[C@@H](C)CO)cc(-n3nnnc3CC3CC3)c2)nc1. The third kappa shape index (κ3) is 4.48. The molecule has 150 valence electrons. The van der Waals surface area contributed by atoms with Gasteiger partial charge in [0.15, 0.2) is 5.82 Å². The third-order valence-electron chi connectivity index (χ3n) is 4.99. The molecule has 0 saturated heterocycles. The molecule has 3 aromatic rings. The highest BCUT2D eigenvalue weighted by atomic mass is 16.3. The fourth-order valence-corrected chi connectivity index (χ4v) is 3.12. The van der Waals surface area contributed by atoms with E-state index in [2.05, 4.69) is 25.8 Å². The number of aromatic nitrogens is 5. The topological polar surface area (TPSA) is 106 Å². The van der Waals surface area contributed by atoms with E-state index in [1.54, 1.807) is 29.9 Å². The number of tetrazole rings is 1. The van der Waals surface area contributed by atoms with Crippen LogP contribution < -0.4 is 5.32 Å². The van der Waals surface area contributed by atoms with E-state index in [9.17, 15) is 9.90 Å². The Morgan fingerprint density at radius 1 is 1.31 bits per heavy atom. The first kappa shape index (κ1) is 19.2. The average Bonchev–Trinajstić information content (AvgIpc) is 3.42. The summed E-state index contributed by atoms with van der Waals surface area (Å²) in [6.07, 6.45) is 5.02. The van der Waals surface area contributed by atoms with Crippen LogP contribution in [-0.4, -0.2) is 48.9 Å². The lowest BCUT2D eigenvalue weighted by atomic mass is 10.0. The number of amides is 1. The molecule has 1 atom stereocenters. The molecular weight excluding hydrogens is 368 g/mol. The molecule has 8 heteroatoms. The van der Waals surface area contributed by atoms with E-state index in [1.165, 1.54) is 12.8 Å². The Bertz CT molecular complexity index is 1010. The second-order valence-corrected chi connectivity index (χ2v) is 7.70. The average molecular weight is 392 g/mol. The molecule has 0 bridgehead atoms. The van der Waals surface area contributed by atoms with Gasteiger partial charge in [-0.05, 0) is 72.9 Å². The van der Waals surface area contributed by atoms with E-state index in [-0.39, 0.29) is 18.6 Å². The van der Waals surface area contributed by atoms with E-state index in [0.29, 0.717) is 17.2 Å². The summed E-state index contributed by atoms with van der Waals surface area (Å²) in [7, 11) is 0. The fraction of sp³-hybridized carbons (Fsp3) is 0.381. The number of aryl methyl sites for hydroxylation is 1. The molecule has 8 nitrogen and oxygen atoms in total. The van der Waals surface area contributed by atoms with Crippen molar-refractivity contribution >= 4 is 5.91 Å². The summed E-state index contributed by atoms with van der Waals surface area (Å²) in [6, 6.07) is 9.08. The predicted octanol–water partition coefficient (Wildman–Crippen LogP) is 2.10. The smallest absolute Gasteiger partial charge is 0.251 e. The molecule has 2 aromatic heterocycles. The summed E-state index contributed by atoms with van der Waals surface area (Å²) in [5, 5.41) is 24.2. The Morgan fingerprint density at radius 2 is 2.14 bits per heavy atom. The molecule has 1 amide bonds. The quantitative estimate of drug-likeness (QED) is 0.638. The van der Waals surface area contributed by atoms with Gasteiger partial charge in [-0.3, -0.25) is 9.78 Å². The van der Waals surface area contributed by atoms with Gasteiger partial charge in [0.05, 0.1) is 18.0 Å². The van der Waals surface area contributed by atoms with Crippen LogP contribution >= 0.6 is 0 Å². The Morgan fingerprint density at radius 3 is 2.83 bits per heavy atom.